The molecule has 0 aliphatic heterocycles. The number of aryl methyl sites for hydroxylation is 1. The van der Waals surface area contributed by atoms with E-state index in [0.29, 0.717) is 11.4 Å². The van der Waals surface area contributed by atoms with Gasteiger partial charge in [-0.2, -0.15) is 0 Å². The van der Waals surface area contributed by atoms with Crippen LogP contribution in [0.5, 0.6) is 0 Å². The molecule has 1 heterocycles. The first-order chi connectivity index (χ1) is 7.52. The summed E-state index contributed by atoms with van der Waals surface area (Å²) in [6, 6.07) is 0. The predicted octanol–water partition coefficient (Wildman–Crippen LogP) is 0.0154. The number of hydrogen-bond donors (Lipinski definition) is 0. The normalized spacial score (nSPS) is 14.4. The first kappa shape index (κ1) is 12.8. The van der Waals surface area contributed by atoms with E-state index in [9.17, 15) is 9.00 Å². The van der Waals surface area contributed by atoms with Crippen molar-refractivity contribution in [1.29, 1.82) is 0 Å². The zero-order valence-electron chi connectivity index (χ0n) is 9.54. The molecular formula is C9H15N3O3S. The average Bonchev–Trinajstić information content (AvgIpc) is 2.63. The Balaban J connectivity index is 2.49. The van der Waals surface area contributed by atoms with Gasteiger partial charge in [0, 0.05) is 29.3 Å². The molecule has 2 unspecified atom stereocenters. The number of hydrogen-bond acceptors (Lipinski definition) is 5. The molecule has 0 spiro atoms. The Hall–Kier alpha value is -1.24. The quantitative estimate of drug-likeness (QED) is 0.683. The van der Waals surface area contributed by atoms with Crippen LogP contribution in [0.15, 0.2) is 6.20 Å². The van der Waals surface area contributed by atoms with Crippen LogP contribution in [-0.4, -0.2) is 37.5 Å². The van der Waals surface area contributed by atoms with Crippen molar-refractivity contribution in [2.75, 3.05) is 7.11 Å². The second-order valence-electron chi connectivity index (χ2n) is 3.50. The highest BCUT2D eigenvalue weighted by Gasteiger charge is 2.17. The number of esters is 1. The number of nitrogens with zero attached hydrogens (tertiary/aromatic N) is 3. The second kappa shape index (κ2) is 5.74. The molecule has 0 saturated heterocycles. The lowest BCUT2D eigenvalue weighted by atomic mass is 10.3. The first-order valence-corrected chi connectivity index (χ1v) is 6.20. The Morgan fingerprint density at radius 2 is 2.38 bits per heavy atom. The van der Waals surface area contributed by atoms with Gasteiger partial charge in [-0.1, -0.05) is 12.1 Å². The maximum absolute atomic E-state index is 11.8. The molecule has 6 nitrogen and oxygen atoms in total. The highest BCUT2D eigenvalue weighted by molar-refractivity contribution is 7.84. The van der Waals surface area contributed by atoms with Crippen molar-refractivity contribution in [3.63, 3.8) is 0 Å². The maximum Gasteiger partial charge on any atom is 0.306 e. The van der Waals surface area contributed by atoms with Crippen LogP contribution in [0.2, 0.25) is 0 Å². The van der Waals surface area contributed by atoms with E-state index in [1.54, 1.807) is 24.9 Å². The fourth-order valence-electron chi connectivity index (χ4n) is 1.16. The van der Waals surface area contributed by atoms with Crippen molar-refractivity contribution in [2.45, 2.75) is 24.3 Å². The Kier molecular flexibility index (Phi) is 4.60. The summed E-state index contributed by atoms with van der Waals surface area (Å²) in [5, 5.41) is 7.35. The summed E-state index contributed by atoms with van der Waals surface area (Å²) in [5.41, 5.74) is 0.664. The molecular weight excluding hydrogens is 230 g/mol. The highest BCUT2D eigenvalue weighted by atomic mass is 32.2. The first-order valence-electron chi connectivity index (χ1n) is 4.82. The summed E-state index contributed by atoms with van der Waals surface area (Å²) in [4.78, 5) is 11.0. The van der Waals surface area contributed by atoms with Gasteiger partial charge in [0.1, 0.15) is 0 Å². The third-order valence-electron chi connectivity index (χ3n) is 2.07. The molecule has 0 bridgehead atoms. The van der Waals surface area contributed by atoms with Crippen molar-refractivity contribution in [3.05, 3.63) is 11.9 Å². The third-order valence-corrected chi connectivity index (χ3v) is 3.72. The van der Waals surface area contributed by atoms with Gasteiger partial charge in [-0.3, -0.25) is 13.7 Å². The zero-order chi connectivity index (χ0) is 12.1. The van der Waals surface area contributed by atoms with E-state index in [1.165, 1.54) is 7.11 Å². The number of carbonyl (C=O) groups excluding carboxylic acids is 1. The van der Waals surface area contributed by atoms with Gasteiger partial charge >= 0.3 is 5.97 Å². The van der Waals surface area contributed by atoms with Crippen LogP contribution >= 0.6 is 0 Å². The standard InChI is InChI=1S/C9H15N3O3S/c1-7(4-9(13)15-3)16(14)6-8-5-12(2)11-10-8/h5,7H,4,6H2,1-3H3. The lowest BCUT2D eigenvalue weighted by Gasteiger charge is -2.08. The SMILES string of the molecule is COC(=O)CC(C)S(=O)Cc1cn(C)nn1. The Labute approximate surface area is 96.4 Å². The highest BCUT2D eigenvalue weighted by Crippen LogP contribution is 2.08. The van der Waals surface area contributed by atoms with Crippen LogP contribution in [0.25, 0.3) is 0 Å². The fraction of sp³-hybridized carbons (Fsp3) is 0.667. The molecule has 0 aliphatic rings. The molecule has 0 aliphatic carbocycles. The van der Waals surface area contributed by atoms with Crippen molar-refractivity contribution < 1.29 is 13.7 Å². The van der Waals surface area contributed by atoms with E-state index >= 15 is 0 Å². The lowest BCUT2D eigenvalue weighted by Crippen LogP contribution is -2.18. The van der Waals surface area contributed by atoms with Crippen molar-refractivity contribution in [3.8, 4) is 0 Å². The molecule has 2 atom stereocenters. The summed E-state index contributed by atoms with van der Waals surface area (Å²) >= 11 is 0. The van der Waals surface area contributed by atoms with Crippen molar-refractivity contribution in [2.24, 2.45) is 7.05 Å². The molecule has 7 heteroatoms. The molecule has 0 aromatic carbocycles. The molecule has 0 radical (unpaired) electrons. The van der Waals surface area contributed by atoms with Crippen LogP contribution in [0.3, 0.4) is 0 Å². The van der Waals surface area contributed by atoms with Crippen molar-refractivity contribution in [1.82, 2.24) is 15.0 Å². The summed E-state index contributed by atoms with van der Waals surface area (Å²) in [6.45, 7) is 1.75. The third kappa shape index (κ3) is 3.73. The lowest BCUT2D eigenvalue weighted by molar-refractivity contribution is -0.140. The van der Waals surface area contributed by atoms with Gasteiger partial charge in [0.2, 0.25) is 0 Å². The minimum Gasteiger partial charge on any atom is -0.469 e. The average molecular weight is 245 g/mol. The van der Waals surface area contributed by atoms with Crippen LogP contribution in [0.4, 0.5) is 0 Å². The fourth-order valence-corrected chi connectivity index (χ4v) is 2.19. The van der Waals surface area contributed by atoms with E-state index in [2.05, 4.69) is 15.0 Å². The number of aromatic nitrogens is 3. The van der Waals surface area contributed by atoms with Gasteiger partial charge in [-0.15, -0.1) is 5.10 Å². The van der Waals surface area contributed by atoms with E-state index in [-0.39, 0.29) is 17.6 Å². The number of rotatable bonds is 5. The van der Waals surface area contributed by atoms with Crippen LogP contribution in [-0.2, 0) is 33.1 Å². The van der Waals surface area contributed by atoms with Gasteiger partial charge < -0.3 is 4.74 Å². The molecule has 16 heavy (non-hydrogen) atoms. The maximum atomic E-state index is 11.8. The van der Waals surface area contributed by atoms with E-state index in [1.807, 2.05) is 0 Å². The minimum absolute atomic E-state index is 0.156. The zero-order valence-corrected chi connectivity index (χ0v) is 10.4. The van der Waals surface area contributed by atoms with Gasteiger partial charge in [0.25, 0.3) is 0 Å². The molecule has 1 aromatic rings. The second-order valence-corrected chi connectivity index (χ2v) is 5.35. The monoisotopic (exact) mass is 245 g/mol. The van der Waals surface area contributed by atoms with Crippen LogP contribution < -0.4 is 0 Å². The molecule has 0 saturated carbocycles. The molecule has 1 rings (SSSR count). The van der Waals surface area contributed by atoms with E-state index in [4.69, 9.17) is 0 Å². The van der Waals surface area contributed by atoms with Gasteiger partial charge in [0.15, 0.2) is 0 Å². The molecule has 0 fully saturated rings. The largest absolute Gasteiger partial charge is 0.469 e. The summed E-state index contributed by atoms with van der Waals surface area (Å²) in [5.74, 6) is -0.0357. The number of ether oxygens (including phenoxy) is 1. The van der Waals surface area contributed by atoms with Crippen LogP contribution in [0, 0.1) is 0 Å². The Morgan fingerprint density at radius 3 is 2.88 bits per heavy atom. The minimum atomic E-state index is -1.14. The molecule has 0 amide bonds. The summed E-state index contributed by atoms with van der Waals surface area (Å²) in [6.07, 6.45) is 1.87. The Bertz CT molecular complexity index is 391. The Morgan fingerprint density at radius 1 is 1.69 bits per heavy atom. The van der Waals surface area contributed by atoms with Crippen molar-refractivity contribution >= 4 is 16.8 Å². The van der Waals surface area contributed by atoms with E-state index in [0.717, 1.165) is 0 Å². The smallest absolute Gasteiger partial charge is 0.306 e. The van der Waals surface area contributed by atoms with Gasteiger partial charge in [0.05, 0.1) is 25.0 Å². The predicted molar refractivity (Wildman–Crippen MR) is 58.9 cm³/mol. The number of carbonyl (C=O) groups is 1. The summed E-state index contributed by atoms with van der Waals surface area (Å²) in [7, 11) is 1.93. The molecule has 0 N–H and O–H groups in total. The van der Waals surface area contributed by atoms with Gasteiger partial charge in [-0.05, 0) is 0 Å². The van der Waals surface area contributed by atoms with E-state index < -0.39 is 10.8 Å². The van der Waals surface area contributed by atoms with Gasteiger partial charge in [-0.25, -0.2) is 0 Å². The summed E-state index contributed by atoms with van der Waals surface area (Å²) < 4.78 is 17.9. The molecule has 1 aromatic heterocycles. The topological polar surface area (TPSA) is 74.1 Å². The number of methoxy groups -OCH3 is 1. The molecule has 90 valence electrons. The van der Waals surface area contributed by atoms with Crippen LogP contribution in [0.1, 0.15) is 19.0 Å².